The smallest absolute Gasteiger partial charge is 0.270 e. The van der Waals surface area contributed by atoms with Crippen molar-refractivity contribution in [1.82, 2.24) is 20.4 Å². The number of carbonyl (C=O) groups is 1. The highest BCUT2D eigenvalue weighted by molar-refractivity contribution is 5.93. The number of hydrogen-bond donors (Lipinski definition) is 3. The average molecular weight is 340 g/mol. The first-order chi connectivity index (χ1) is 12.1. The largest absolute Gasteiger partial charge is 0.389 e. The molecule has 2 atom stereocenters. The summed E-state index contributed by atoms with van der Waals surface area (Å²) in [7, 11) is 1.80. The van der Waals surface area contributed by atoms with E-state index in [-0.39, 0.29) is 5.91 Å². The summed E-state index contributed by atoms with van der Waals surface area (Å²) in [6, 6.07) is 11.6. The Morgan fingerprint density at radius 1 is 1.36 bits per heavy atom. The zero-order chi connectivity index (χ0) is 17.4. The van der Waals surface area contributed by atoms with Crippen molar-refractivity contribution in [3.05, 3.63) is 53.3 Å². The molecule has 0 spiro atoms. The van der Waals surface area contributed by atoms with Crippen molar-refractivity contribution in [3.63, 3.8) is 0 Å². The fraction of sp³-hybridized carbons (Fsp3) is 0.474. The molecule has 1 aliphatic carbocycles. The minimum atomic E-state index is -0.784. The van der Waals surface area contributed by atoms with Gasteiger partial charge in [-0.1, -0.05) is 30.3 Å². The minimum absolute atomic E-state index is 0.188. The lowest BCUT2D eigenvalue weighted by molar-refractivity contribution is 0.0286. The molecule has 2 aromatic rings. The maximum Gasteiger partial charge on any atom is 0.270 e. The molecular weight excluding hydrogens is 316 g/mol. The molecule has 6 heteroatoms. The first-order valence-electron chi connectivity index (χ1n) is 8.91. The topological polar surface area (TPSA) is 79.2 Å². The lowest BCUT2D eigenvalue weighted by atomic mass is 9.79. The number of aromatic nitrogens is 2. The molecule has 1 aliphatic heterocycles. The molecule has 25 heavy (non-hydrogen) atoms. The van der Waals surface area contributed by atoms with Crippen molar-refractivity contribution < 1.29 is 9.90 Å². The van der Waals surface area contributed by atoms with Gasteiger partial charge in [0, 0.05) is 19.5 Å². The molecule has 0 bridgehead atoms. The highest BCUT2D eigenvalue weighted by atomic mass is 16.3. The van der Waals surface area contributed by atoms with Crippen LogP contribution in [-0.4, -0.2) is 40.0 Å². The van der Waals surface area contributed by atoms with E-state index in [9.17, 15) is 9.90 Å². The predicted octanol–water partition coefficient (Wildman–Crippen LogP) is 1.28. The van der Waals surface area contributed by atoms with Gasteiger partial charge >= 0.3 is 0 Å². The van der Waals surface area contributed by atoms with Gasteiger partial charge in [-0.2, -0.15) is 5.10 Å². The van der Waals surface area contributed by atoms with Crippen molar-refractivity contribution in [2.45, 2.75) is 36.8 Å². The average Bonchev–Trinajstić information content (AvgIpc) is 3.40. The van der Waals surface area contributed by atoms with Crippen LogP contribution in [0.25, 0.3) is 0 Å². The molecule has 0 unspecified atom stereocenters. The van der Waals surface area contributed by atoms with Crippen LogP contribution in [0.1, 0.15) is 46.9 Å². The normalized spacial score (nSPS) is 26.4. The molecule has 2 fully saturated rings. The van der Waals surface area contributed by atoms with Crippen molar-refractivity contribution in [1.29, 1.82) is 0 Å². The zero-order valence-electron chi connectivity index (χ0n) is 14.4. The molecule has 1 aromatic heterocycles. The first kappa shape index (κ1) is 16.3. The summed E-state index contributed by atoms with van der Waals surface area (Å²) in [6.45, 7) is 1.19. The molecule has 2 aliphatic rings. The predicted molar refractivity (Wildman–Crippen MR) is 94.3 cm³/mol. The van der Waals surface area contributed by atoms with E-state index in [2.05, 4.69) is 15.7 Å². The second kappa shape index (κ2) is 6.28. The van der Waals surface area contributed by atoms with Crippen molar-refractivity contribution in [2.24, 2.45) is 7.05 Å². The Hall–Kier alpha value is -2.18. The fourth-order valence-electron chi connectivity index (χ4n) is 3.70. The molecule has 2 heterocycles. The number of piperidine rings is 1. The van der Waals surface area contributed by atoms with Crippen LogP contribution in [0.4, 0.5) is 0 Å². The molecule has 1 saturated heterocycles. The van der Waals surface area contributed by atoms with Gasteiger partial charge < -0.3 is 15.7 Å². The summed E-state index contributed by atoms with van der Waals surface area (Å²) >= 11 is 0. The second-order valence-electron chi connectivity index (χ2n) is 7.11. The van der Waals surface area contributed by atoms with Crippen LogP contribution in [0, 0.1) is 0 Å². The third-order valence-electron chi connectivity index (χ3n) is 5.36. The lowest BCUT2D eigenvalue weighted by Crippen LogP contribution is -2.61. The second-order valence-corrected chi connectivity index (χ2v) is 7.11. The number of rotatable bonds is 4. The van der Waals surface area contributed by atoms with Gasteiger partial charge in [-0.15, -0.1) is 0 Å². The van der Waals surface area contributed by atoms with Crippen LogP contribution in [0.3, 0.4) is 0 Å². The van der Waals surface area contributed by atoms with Gasteiger partial charge in [0.05, 0.1) is 17.3 Å². The molecule has 0 radical (unpaired) electrons. The van der Waals surface area contributed by atoms with E-state index in [0.717, 1.165) is 30.6 Å². The van der Waals surface area contributed by atoms with E-state index in [1.165, 1.54) is 0 Å². The molecular formula is C19H24N4O2. The van der Waals surface area contributed by atoms with Gasteiger partial charge in [-0.3, -0.25) is 9.48 Å². The van der Waals surface area contributed by atoms with Crippen molar-refractivity contribution >= 4 is 5.91 Å². The summed E-state index contributed by atoms with van der Waals surface area (Å²) in [6.07, 6.45) is 2.24. The summed E-state index contributed by atoms with van der Waals surface area (Å²) in [5, 5.41) is 21.6. The molecule has 3 N–H and O–H groups in total. The number of aliphatic hydroxyl groups excluding tert-OH is 1. The summed E-state index contributed by atoms with van der Waals surface area (Å²) < 4.78 is 1.65. The molecule has 132 valence electrons. The quantitative estimate of drug-likeness (QED) is 0.783. The number of amides is 1. The van der Waals surface area contributed by atoms with Crippen LogP contribution in [0.2, 0.25) is 0 Å². The minimum Gasteiger partial charge on any atom is -0.389 e. The molecule has 4 rings (SSSR count). The van der Waals surface area contributed by atoms with Crippen LogP contribution < -0.4 is 10.6 Å². The van der Waals surface area contributed by atoms with E-state index >= 15 is 0 Å². The highest BCUT2D eigenvalue weighted by Crippen LogP contribution is 2.39. The Balaban J connectivity index is 1.65. The number of aryl methyl sites for hydroxylation is 1. The fourth-order valence-corrected chi connectivity index (χ4v) is 3.70. The number of carbonyl (C=O) groups excluding carboxylic acids is 1. The van der Waals surface area contributed by atoms with E-state index < -0.39 is 11.6 Å². The van der Waals surface area contributed by atoms with Gasteiger partial charge in [0.15, 0.2) is 0 Å². The summed E-state index contributed by atoms with van der Waals surface area (Å²) in [5.41, 5.74) is 1.69. The van der Waals surface area contributed by atoms with E-state index in [1.807, 2.05) is 36.4 Å². The third-order valence-corrected chi connectivity index (χ3v) is 5.36. The zero-order valence-corrected chi connectivity index (χ0v) is 14.4. The van der Waals surface area contributed by atoms with Gasteiger partial charge in [0.25, 0.3) is 5.91 Å². The maximum absolute atomic E-state index is 13.0. The summed E-state index contributed by atoms with van der Waals surface area (Å²) in [4.78, 5) is 13.0. The molecule has 1 saturated carbocycles. The highest BCUT2D eigenvalue weighted by Gasteiger charge is 2.43. The molecule has 1 aromatic carbocycles. The van der Waals surface area contributed by atoms with Crippen molar-refractivity contribution in [2.75, 3.05) is 13.1 Å². The number of aliphatic hydroxyl groups is 1. The SMILES string of the molecule is Cn1nc(C2CC2)cc1C(=O)N[C@]1(c2ccccc2)CCNC[C@H]1O. The van der Waals surface area contributed by atoms with Gasteiger partial charge in [-0.05, 0) is 37.4 Å². The Labute approximate surface area is 147 Å². The van der Waals surface area contributed by atoms with Crippen LogP contribution in [0.5, 0.6) is 0 Å². The third kappa shape index (κ3) is 2.96. The Morgan fingerprint density at radius 2 is 2.12 bits per heavy atom. The Kier molecular flexibility index (Phi) is 4.09. The number of β-amino-alcohol motifs (C(OH)–C–C–N with tert-alkyl or cyclic N) is 1. The van der Waals surface area contributed by atoms with Crippen LogP contribution in [-0.2, 0) is 12.6 Å². The number of hydrogen-bond acceptors (Lipinski definition) is 4. The van der Waals surface area contributed by atoms with Crippen molar-refractivity contribution in [3.8, 4) is 0 Å². The van der Waals surface area contributed by atoms with Gasteiger partial charge in [0.2, 0.25) is 0 Å². The summed E-state index contributed by atoms with van der Waals surface area (Å²) in [5.74, 6) is 0.312. The first-order valence-corrected chi connectivity index (χ1v) is 8.91. The standard InChI is InChI=1S/C19H24N4O2/c1-23-16(11-15(22-23)13-7-8-13)18(25)21-19(9-10-20-12-17(19)24)14-5-3-2-4-6-14/h2-6,11,13,17,20,24H,7-10,12H2,1H3,(H,21,25)/t17-,19+/m1/s1. The molecule has 6 nitrogen and oxygen atoms in total. The Bertz CT molecular complexity index is 769. The van der Waals surface area contributed by atoms with Crippen LogP contribution in [0.15, 0.2) is 36.4 Å². The number of benzene rings is 1. The number of nitrogens with zero attached hydrogens (tertiary/aromatic N) is 2. The lowest BCUT2D eigenvalue weighted by Gasteiger charge is -2.42. The monoisotopic (exact) mass is 340 g/mol. The van der Waals surface area contributed by atoms with E-state index in [0.29, 0.717) is 24.6 Å². The van der Waals surface area contributed by atoms with E-state index in [1.54, 1.807) is 11.7 Å². The number of nitrogens with one attached hydrogen (secondary N) is 2. The van der Waals surface area contributed by atoms with E-state index in [4.69, 9.17) is 0 Å². The van der Waals surface area contributed by atoms with Gasteiger partial charge in [0.1, 0.15) is 5.69 Å². The van der Waals surface area contributed by atoms with Crippen LogP contribution >= 0.6 is 0 Å². The maximum atomic E-state index is 13.0. The Morgan fingerprint density at radius 3 is 2.80 bits per heavy atom. The van der Waals surface area contributed by atoms with Gasteiger partial charge in [-0.25, -0.2) is 0 Å². The molecule has 1 amide bonds.